The Morgan fingerprint density at radius 1 is 1.43 bits per heavy atom. The van der Waals surface area contributed by atoms with Crippen LogP contribution in [0.1, 0.15) is 0 Å². The lowest BCUT2D eigenvalue weighted by atomic mass is 10.3. The van der Waals surface area contributed by atoms with Crippen molar-refractivity contribution in [3.63, 3.8) is 0 Å². The Morgan fingerprint density at radius 3 is 2.93 bits per heavy atom. The lowest BCUT2D eigenvalue weighted by molar-refractivity contribution is 0.503. The molecule has 2 aromatic rings. The predicted octanol–water partition coefficient (Wildman–Crippen LogP) is 2.19. The van der Waals surface area contributed by atoms with E-state index in [1.54, 1.807) is 23.7 Å². The van der Waals surface area contributed by atoms with E-state index in [1.807, 2.05) is 0 Å². The molecule has 0 saturated carbocycles. The second-order valence-corrected chi connectivity index (χ2v) is 6.64. The van der Waals surface area contributed by atoms with Crippen molar-refractivity contribution in [3.8, 4) is 0 Å². The van der Waals surface area contributed by atoms with E-state index in [-0.39, 0.29) is 0 Å². The number of aromatic nitrogens is 1. The molecule has 1 N–H and O–H groups in total. The minimum absolute atomic E-state index is 0.426. The number of hydrogen-bond donors (Lipinski definition) is 1. The van der Waals surface area contributed by atoms with Gasteiger partial charge in [0.1, 0.15) is 0 Å². The lowest BCUT2D eigenvalue weighted by Gasteiger charge is -1.96. The first-order valence-corrected chi connectivity index (χ1v) is 7.20. The summed E-state index contributed by atoms with van der Waals surface area (Å²) in [5.74, 6) is 0. The number of hydrogen-bond acceptors (Lipinski definition) is 5. The van der Waals surface area contributed by atoms with Crippen molar-refractivity contribution in [2.24, 2.45) is 0 Å². The molecule has 0 radical (unpaired) electrons. The molecule has 7 heteroatoms. The number of benzene rings is 1. The average molecular weight is 247 g/mol. The zero-order valence-corrected chi connectivity index (χ0v) is 9.19. The van der Waals surface area contributed by atoms with Crippen molar-refractivity contribution in [1.82, 2.24) is 4.98 Å². The fourth-order valence-electron chi connectivity index (χ4n) is 1.01. The molecule has 4 nitrogen and oxygen atoms in total. The molecule has 0 atom stereocenters. The normalized spacial score (nSPS) is 12.1. The van der Waals surface area contributed by atoms with Gasteiger partial charge in [0, 0.05) is 15.7 Å². The third-order valence-corrected chi connectivity index (χ3v) is 4.16. The van der Waals surface area contributed by atoms with Crippen molar-refractivity contribution >= 4 is 41.5 Å². The van der Waals surface area contributed by atoms with E-state index in [1.165, 1.54) is 11.3 Å². The maximum Gasteiger partial charge on any atom is 0.324 e. The summed E-state index contributed by atoms with van der Waals surface area (Å²) in [6, 6.07) is 5.02. The summed E-state index contributed by atoms with van der Waals surface area (Å²) in [6.07, 6.45) is 0. The van der Waals surface area contributed by atoms with Gasteiger partial charge < -0.3 is 0 Å². The van der Waals surface area contributed by atoms with Crippen LogP contribution in [0.3, 0.4) is 0 Å². The molecule has 74 valence electrons. The van der Waals surface area contributed by atoms with Crippen LogP contribution >= 0.6 is 22.1 Å². The first-order chi connectivity index (χ1) is 6.54. The van der Waals surface area contributed by atoms with Gasteiger partial charge in [-0.3, -0.25) is 4.55 Å². The fourth-order valence-corrected chi connectivity index (χ4v) is 3.37. The van der Waals surface area contributed by atoms with E-state index in [9.17, 15) is 8.42 Å². The summed E-state index contributed by atoms with van der Waals surface area (Å²) in [4.78, 5) is 4.54. The highest BCUT2D eigenvalue weighted by molar-refractivity contribution is 8.69. The predicted molar refractivity (Wildman–Crippen MR) is 57.0 cm³/mol. The summed E-state index contributed by atoms with van der Waals surface area (Å²) < 4.78 is 30.7. The average Bonchev–Trinajstić information content (AvgIpc) is 2.47. The molecule has 0 aliphatic carbocycles. The molecule has 0 saturated heterocycles. The molecule has 0 aliphatic heterocycles. The van der Waals surface area contributed by atoms with Gasteiger partial charge in [-0.2, -0.15) is 8.42 Å². The first-order valence-electron chi connectivity index (χ1n) is 3.55. The van der Waals surface area contributed by atoms with Gasteiger partial charge >= 0.3 is 9.15 Å². The molecular formula is C7H5NO3S3. The Kier molecular flexibility index (Phi) is 2.48. The lowest BCUT2D eigenvalue weighted by Crippen LogP contribution is -1.88. The minimum Gasteiger partial charge on any atom is -0.277 e. The van der Waals surface area contributed by atoms with Crippen LogP contribution in [0, 0.1) is 0 Å². The standard InChI is InChI=1S/C7H5NO3S3/c9-14(10,11)13-5-1-2-6-7(3-5)12-4-8-6/h1-4H,(H,9,10,11). The van der Waals surface area contributed by atoms with Crippen LogP contribution in [0.4, 0.5) is 0 Å². The molecule has 0 spiro atoms. The second kappa shape index (κ2) is 3.50. The highest BCUT2D eigenvalue weighted by Crippen LogP contribution is 2.28. The molecule has 1 aromatic carbocycles. The smallest absolute Gasteiger partial charge is 0.277 e. The third kappa shape index (κ3) is 2.24. The van der Waals surface area contributed by atoms with Crippen LogP contribution in [0.5, 0.6) is 0 Å². The van der Waals surface area contributed by atoms with E-state index in [2.05, 4.69) is 4.98 Å². The number of nitrogens with zero attached hydrogens (tertiary/aromatic N) is 1. The molecule has 0 amide bonds. The molecular weight excluding hydrogens is 242 g/mol. The molecule has 0 fully saturated rings. The molecule has 0 bridgehead atoms. The number of fused-ring (bicyclic) bond motifs is 1. The summed E-state index contributed by atoms with van der Waals surface area (Å²) in [5.41, 5.74) is 2.52. The van der Waals surface area contributed by atoms with Gasteiger partial charge in [0.15, 0.2) is 0 Å². The molecule has 2 rings (SSSR count). The van der Waals surface area contributed by atoms with Crippen molar-refractivity contribution < 1.29 is 13.0 Å². The maximum absolute atomic E-state index is 10.6. The first kappa shape index (κ1) is 9.91. The second-order valence-electron chi connectivity index (χ2n) is 2.49. The fraction of sp³-hybridized carbons (Fsp3) is 0. The summed E-state index contributed by atoms with van der Waals surface area (Å²) in [7, 11) is -3.60. The monoisotopic (exact) mass is 247 g/mol. The number of thiazole rings is 1. The zero-order chi connectivity index (χ0) is 10.2. The van der Waals surface area contributed by atoms with Crippen molar-refractivity contribution in [1.29, 1.82) is 0 Å². The third-order valence-electron chi connectivity index (χ3n) is 1.50. The van der Waals surface area contributed by atoms with E-state index in [0.717, 1.165) is 10.2 Å². The summed E-state index contributed by atoms with van der Waals surface area (Å²) >= 11 is 1.43. The van der Waals surface area contributed by atoms with E-state index >= 15 is 0 Å². The Morgan fingerprint density at radius 2 is 2.21 bits per heavy atom. The van der Waals surface area contributed by atoms with E-state index < -0.39 is 9.15 Å². The van der Waals surface area contributed by atoms with Crippen LogP contribution in [0.25, 0.3) is 10.2 Å². The maximum atomic E-state index is 10.6. The van der Waals surface area contributed by atoms with Gasteiger partial charge in [-0.25, -0.2) is 4.98 Å². The van der Waals surface area contributed by atoms with E-state index in [4.69, 9.17) is 4.55 Å². The van der Waals surface area contributed by atoms with Gasteiger partial charge in [0.05, 0.1) is 15.7 Å². The minimum atomic E-state index is -4.03. The Hall–Kier alpha value is -0.630. The SMILES string of the molecule is O=S(=O)(O)Sc1ccc2ncsc2c1. The van der Waals surface area contributed by atoms with Crippen LogP contribution in [0.15, 0.2) is 28.6 Å². The topological polar surface area (TPSA) is 67.3 Å². The highest BCUT2D eigenvalue weighted by Gasteiger charge is 2.08. The Bertz CT molecular complexity index is 560. The molecule has 0 aliphatic rings. The van der Waals surface area contributed by atoms with Crippen molar-refractivity contribution in [2.75, 3.05) is 0 Å². The zero-order valence-electron chi connectivity index (χ0n) is 6.75. The summed E-state index contributed by atoms with van der Waals surface area (Å²) in [5, 5.41) is 0. The molecule has 0 unspecified atom stereocenters. The Labute approximate surface area is 88.1 Å². The van der Waals surface area contributed by atoms with Crippen molar-refractivity contribution in [2.45, 2.75) is 4.90 Å². The largest absolute Gasteiger partial charge is 0.324 e. The summed E-state index contributed by atoms with van der Waals surface area (Å²) in [6.45, 7) is 0. The number of rotatable bonds is 2. The van der Waals surface area contributed by atoms with Crippen molar-refractivity contribution in [3.05, 3.63) is 23.7 Å². The van der Waals surface area contributed by atoms with Gasteiger partial charge in [-0.15, -0.1) is 11.3 Å². The Balaban J connectivity index is 2.44. The molecule has 14 heavy (non-hydrogen) atoms. The van der Waals surface area contributed by atoms with Gasteiger partial charge in [0.2, 0.25) is 0 Å². The van der Waals surface area contributed by atoms with Crippen LogP contribution in [-0.2, 0) is 9.15 Å². The van der Waals surface area contributed by atoms with E-state index in [0.29, 0.717) is 15.7 Å². The highest BCUT2D eigenvalue weighted by atomic mass is 33.1. The van der Waals surface area contributed by atoms with Crippen LogP contribution < -0.4 is 0 Å². The quantitative estimate of drug-likeness (QED) is 0.651. The van der Waals surface area contributed by atoms with Gasteiger partial charge in [0.25, 0.3) is 0 Å². The van der Waals surface area contributed by atoms with Gasteiger partial charge in [-0.1, -0.05) is 0 Å². The van der Waals surface area contributed by atoms with Gasteiger partial charge in [-0.05, 0) is 18.2 Å². The molecule has 1 heterocycles. The molecule has 1 aromatic heterocycles. The van der Waals surface area contributed by atoms with Crippen LogP contribution in [0.2, 0.25) is 0 Å². The van der Waals surface area contributed by atoms with Crippen LogP contribution in [-0.4, -0.2) is 18.0 Å².